The van der Waals surface area contributed by atoms with Crippen LogP contribution in [0.25, 0.3) is 0 Å². The number of phosphoric ester groups is 1. The lowest BCUT2D eigenvalue weighted by Crippen LogP contribution is -2.67. The van der Waals surface area contributed by atoms with E-state index in [4.69, 9.17) is 33.9 Å². The van der Waals surface area contributed by atoms with Gasteiger partial charge in [-0.05, 0) is 45.1 Å². The highest BCUT2D eigenvalue weighted by atomic mass is 31.2. The highest BCUT2D eigenvalue weighted by Crippen LogP contribution is 2.42. The first-order chi connectivity index (χ1) is 43.6. The topological polar surface area (TPSA) is 315 Å². The van der Waals surface area contributed by atoms with Crippen molar-refractivity contribution >= 4 is 25.6 Å². The number of carbonyl (C=O) groups excluding carboxylic acids is 3. The summed E-state index contributed by atoms with van der Waals surface area (Å²) in [6.07, 6.45) is 32.1. The van der Waals surface area contributed by atoms with E-state index in [2.05, 4.69) is 31.4 Å². The van der Waals surface area contributed by atoms with E-state index in [1.807, 2.05) is 0 Å². The van der Waals surface area contributed by atoms with E-state index in [1.54, 1.807) is 0 Å². The molecule has 0 aromatic carbocycles. The first kappa shape index (κ1) is 84.2. The maximum absolute atomic E-state index is 14.1. The molecule has 0 bridgehead atoms. The van der Waals surface area contributed by atoms with Gasteiger partial charge in [-0.25, -0.2) is 4.57 Å². The van der Waals surface area contributed by atoms with Gasteiger partial charge in [0.2, 0.25) is 11.8 Å². The number of phosphoric acid groups is 1. The average molecular weight is 1310 g/mol. The van der Waals surface area contributed by atoms with Gasteiger partial charge < -0.3 is 75.4 Å². The fraction of sp³-hybridized carbons (Fsp3) is 0.957. The van der Waals surface area contributed by atoms with Crippen molar-refractivity contribution in [3.8, 4) is 0 Å². The summed E-state index contributed by atoms with van der Waals surface area (Å²) in [5, 5.41) is 61.9. The molecule has 20 nitrogen and oxygen atoms in total. The minimum absolute atomic E-state index is 0.195. The fourth-order valence-electron chi connectivity index (χ4n) is 12.4. The van der Waals surface area contributed by atoms with Crippen molar-refractivity contribution in [3.63, 3.8) is 0 Å². The molecule has 0 unspecified atom stereocenters. The maximum atomic E-state index is 14.1. The number of amides is 2. The summed E-state index contributed by atoms with van der Waals surface area (Å²) in [5.41, 5.74) is 5.61. The van der Waals surface area contributed by atoms with Gasteiger partial charge in [0.1, 0.15) is 54.8 Å². The number of nitrogens with one attached hydrogen (secondary N) is 2. The molecule has 0 aromatic heterocycles. The molecule has 2 saturated heterocycles. The van der Waals surface area contributed by atoms with Crippen LogP contribution < -0.4 is 16.4 Å². The molecule has 0 aromatic rings. The van der Waals surface area contributed by atoms with Crippen LogP contribution in [0.15, 0.2) is 0 Å². The summed E-state index contributed by atoms with van der Waals surface area (Å²) in [6.45, 7) is 6.07. The monoisotopic (exact) mass is 1310 g/mol. The number of carbonyl (C=O) groups is 3. The third-order valence-corrected chi connectivity index (χ3v) is 18.4. The van der Waals surface area contributed by atoms with E-state index in [9.17, 15) is 54.3 Å². The molecule has 2 aliphatic heterocycles. The van der Waals surface area contributed by atoms with Crippen LogP contribution in [0.5, 0.6) is 0 Å². The Morgan fingerprint density at radius 1 is 0.489 bits per heavy atom. The summed E-state index contributed by atoms with van der Waals surface area (Å²) in [4.78, 5) is 60.7. The van der Waals surface area contributed by atoms with Crippen molar-refractivity contribution < 1.29 is 82.5 Å². The summed E-state index contributed by atoms with van der Waals surface area (Å²) >= 11 is 0. The van der Waals surface area contributed by atoms with Crippen molar-refractivity contribution in [2.45, 2.75) is 396 Å². The number of nitrogens with two attached hydrogens (primary N) is 1. The van der Waals surface area contributed by atoms with Gasteiger partial charge in [0.05, 0.1) is 32.2 Å². The standard InChI is InChI=1S/C69H134N3O17P/c1-4-7-10-13-16-26-31-36-41-46-55(74)51-59(75)71-62-65(79)64(78)58(88-68(62)84-50-45-40-35-30-25-23-21-19-20-22-24-29-34-39-44-49-70)54-85-69-63(66(80)67(57(53-73)87-69)89-90(81,82)83)72-60(76)52-56(47-42-37-32-27-17-14-11-8-5-2)86-61(77)48-43-38-33-28-18-15-12-9-6-3/h55-58,62-69,73-74,78-80H,4-54,70H2,1-3H3,(H,71,75)(H,72,76)(H2,81,82,83)/t55-,56-,57-,58-,62-,63-,64-,65-,66-,67-,68+,69-/m1/s1. The predicted molar refractivity (Wildman–Crippen MR) is 354 cm³/mol. The van der Waals surface area contributed by atoms with Gasteiger partial charge >= 0.3 is 13.8 Å². The summed E-state index contributed by atoms with van der Waals surface area (Å²) in [5.74, 6) is -1.68. The van der Waals surface area contributed by atoms with E-state index < -0.39 is 112 Å². The van der Waals surface area contributed by atoms with Crippen LogP contribution in [0.1, 0.15) is 323 Å². The summed E-state index contributed by atoms with van der Waals surface area (Å²) < 4.78 is 47.8. The first-order valence-electron chi connectivity index (χ1n) is 36.7. The number of ether oxygens (including phenoxy) is 5. The van der Waals surface area contributed by atoms with Crippen LogP contribution in [0.2, 0.25) is 0 Å². The molecule has 0 aliphatic carbocycles. The van der Waals surface area contributed by atoms with E-state index in [0.29, 0.717) is 32.1 Å². The number of hydrogen-bond donors (Lipinski definition) is 10. The third kappa shape index (κ3) is 41.8. The lowest BCUT2D eigenvalue weighted by atomic mass is 9.95. The summed E-state index contributed by atoms with van der Waals surface area (Å²) in [6, 6.07) is -2.87. The molecule has 11 N–H and O–H groups in total. The number of rotatable bonds is 61. The fourth-order valence-corrected chi connectivity index (χ4v) is 12.9. The Hall–Kier alpha value is -1.88. The highest BCUT2D eigenvalue weighted by Gasteiger charge is 2.51. The van der Waals surface area contributed by atoms with Crippen molar-refractivity contribution in [1.82, 2.24) is 10.6 Å². The molecule has 0 radical (unpaired) electrons. The second-order valence-corrected chi connectivity index (χ2v) is 27.5. The Balaban J connectivity index is 2.21. The van der Waals surface area contributed by atoms with Crippen molar-refractivity contribution in [2.24, 2.45) is 5.73 Å². The van der Waals surface area contributed by atoms with Crippen molar-refractivity contribution in [2.75, 3.05) is 26.4 Å². The van der Waals surface area contributed by atoms with E-state index in [-0.39, 0.29) is 25.9 Å². The quantitative estimate of drug-likeness (QED) is 0.0154. The smallest absolute Gasteiger partial charge is 0.462 e. The Bertz CT molecular complexity index is 1770. The molecular formula is C69H134N3O17P. The van der Waals surface area contributed by atoms with Crippen LogP contribution in [-0.2, 0) is 47.2 Å². The predicted octanol–water partition coefficient (Wildman–Crippen LogP) is 12.6. The van der Waals surface area contributed by atoms with E-state index in [0.717, 1.165) is 109 Å². The average Bonchev–Trinajstić information content (AvgIpc) is 0.911. The van der Waals surface area contributed by atoms with Gasteiger partial charge in [0.15, 0.2) is 12.6 Å². The van der Waals surface area contributed by atoms with Gasteiger partial charge in [0.25, 0.3) is 0 Å². The molecule has 2 rings (SSSR count). The van der Waals surface area contributed by atoms with Crippen LogP contribution in [0, 0.1) is 0 Å². The van der Waals surface area contributed by atoms with Gasteiger partial charge in [0, 0.05) is 13.0 Å². The van der Waals surface area contributed by atoms with Crippen molar-refractivity contribution in [1.29, 1.82) is 0 Å². The van der Waals surface area contributed by atoms with Crippen LogP contribution >= 0.6 is 7.82 Å². The number of aliphatic hydroxyl groups is 5. The lowest BCUT2D eigenvalue weighted by molar-refractivity contribution is -0.302. The van der Waals surface area contributed by atoms with Gasteiger partial charge in [-0.3, -0.25) is 18.9 Å². The molecule has 12 atom stereocenters. The molecule has 2 amide bonds. The molecule has 2 fully saturated rings. The molecule has 90 heavy (non-hydrogen) atoms. The number of aliphatic hydroxyl groups excluding tert-OH is 5. The molecule has 0 spiro atoms. The Labute approximate surface area is 544 Å². The zero-order chi connectivity index (χ0) is 65.9. The normalized spacial score (nSPS) is 22.8. The second-order valence-electron chi connectivity index (χ2n) is 26.3. The second kappa shape index (κ2) is 55.3. The Kier molecular flexibility index (Phi) is 51.7. The van der Waals surface area contributed by atoms with Crippen LogP contribution in [-0.4, -0.2) is 153 Å². The molecular weight excluding hydrogens is 1170 g/mol. The SMILES string of the molecule is CCCCCCCCCCCC(=O)O[C@H](CCCCCCCCCCC)CC(=O)N[C@H]1[C@H](OC[C@H]2O[C@H](OCCCCCCCCCCCCCCCCCN)[C@H](NC(=O)C[C@H](O)CCCCCCCCCCC)[C@@H](O)[C@@H]2O)O[C@H](CO)[C@@H](OP(=O)(O)O)[C@@H]1O. The number of hydrogen-bond acceptors (Lipinski definition) is 16. The van der Waals surface area contributed by atoms with Gasteiger partial charge in [-0.2, -0.15) is 0 Å². The molecule has 2 aliphatic rings. The van der Waals surface area contributed by atoms with Gasteiger partial charge in [-0.15, -0.1) is 0 Å². The molecule has 2 heterocycles. The molecule has 0 saturated carbocycles. The van der Waals surface area contributed by atoms with Crippen LogP contribution in [0.3, 0.4) is 0 Å². The molecule has 532 valence electrons. The van der Waals surface area contributed by atoms with E-state index >= 15 is 0 Å². The minimum atomic E-state index is -5.32. The zero-order valence-electron chi connectivity index (χ0n) is 56.7. The van der Waals surface area contributed by atoms with E-state index in [1.165, 1.54) is 148 Å². The maximum Gasteiger partial charge on any atom is 0.470 e. The highest BCUT2D eigenvalue weighted by molar-refractivity contribution is 7.46. The number of unbranched alkanes of at least 4 members (excludes halogenated alkanes) is 38. The lowest BCUT2D eigenvalue weighted by Gasteiger charge is -2.45. The minimum Gasteiger partial charge on any atom is -0.462 e. The Morgan fingerprint density at radius 3 is 1.33 bits per heavy atom. The number of esters is 1. The first-order valence-corrected chi connectivity index (χ1v) is 38.2. The summed E-state index contributed by atoms with van der Waals surface area (Å²) in [7, 11) is -5.32. The van der Waals surface area contributed by atoms with Crippen molar-refractivity contribution in [3.05, 3.63) is 0 Å². The van der Waals surface area contributed by atoms with Crippen LogP contribution in [0.4, 0.5) is 0 Å². The zero-order valence-corrected chi connectivity index (χ0v) is 57.6. The Morgan fingerprint density at radius 2 is 0.878 bits per heavy atom. The third-order valence-electron chi connectivity index (χ3n) is 17.9. The molecule has 21 heteroatoms. The van der Waals surface area contributed by atoms with Gasteiger partial charge in [-0.1, -0.05) is 265 Å². The largest absolute Gasteiger partial charge is 0.470 e.